The van der Waals surface area contributed by atoms with Crippen molar-refractivity contribution in [2.75, 3.05) is 25.0 Å². The van der Waals surface area contributed by atoms with Crippen LogP contribution in [0.25, 0.3) is 0 Å². The molecular formula is C26H36Cl2FN3O2. The predicted molar refractivity (Wildman–Crippen MR) is 140 cm³/mol. The number of carbonyl (C=O) groups excluding carboxylic acids is 2. The molecule has 2 aromatic rings. The van der Waals surface area contributed by atoms with Gasteiger partial charge in [0.05, 0.1) is 5.02 Å². The van der Waals surface area contributed by atoms with Crippen LogP contribution < -0.4 is 16.0 Å². The fourth-order valence-corrected chi connectivity index (χ4v) is 3.72. The van der Waals surface area contributed by atoms with E-state index in [1.807, 2.05) is 31.2 Å². The number of hydrogen-bond donors (Lipinski definition) is 3. The molecule has 1 heterocycles. The number of hydrogen-bond acceptors (Lipinski definition) is 3. The van der Waals surface area contributed by atoms with Gasteiger partial charge in [-0.2, -0.15) is 0 Å². The summed E-state index contributed by atoms with van der Waals surface area (Å²) >= 11 is 11.9. The van der Waals surface area contributed by atoms with E-state index in [0.717, 1.165) is 30.6 Å². The monoisotopic (exact) mass is 511 g/mol. The molecule has 0 spiro atoms. The molecule has 1 fully saturated rings. The molecule has 0 saturated carbocycles. The van der Waals surface area contributed by atoms with Crippen LogP contribution in [0.2, 0.25) is 10.0 Å². The van der Waals surface area contributed by atoms with Crippen LogP contribution in [0.15, 0.2) is 36.4 Å². The van der Waals surface area contributed by atoms with Crippen molar-refractivity contribution in [2.24, 2.45) is 5.41 Å². The van der Waals surface area contributed by atoms with Crippen LogP contribution in [0.3, 0.4) is 0 Å². The number of halogens is 3. The summed E-state index contributed by atoms with van der Waals surface area (Å²) in [5.74, 6) is -0.334. The average molecular weight is 512 g/mol. The lowest BCUT2D eigenvalue weighted by Gasteiger charge is -2.22. The Labute approximate surface area is 212 Å². The van der Waals surface area contributed by atoms with Gasteiger partial charge in [-0.05, 0) is 47.2 Å². The van der Waals surface area contributed by atoms with Gasteiger partial charge in [-0.3, -0.25) is 9.59 Å². The van der Waals surface area contributed by atoms with Crippen molar-refractivity contribution in [3.8, 4) is 0 Å². The van der Waals surface area contributed by atoms with Crippen molar-refractivity contribution in [3.05, 3.63) is 63.4 Å². The number of rotatable bonds is 7. The Morgan fingerprint density at radius 3 is 2.24 bits per heavy atom. The molecule has 3 rings (SSSR count). The summed E-state index contributed by atoms with van der Waals surface area (Å²) in [4.78, 5) is 20.3. The highest BCUT2D eigenvalue weighted by atomic mass is 35.5. The van der Waals surface area contributed by atoms with Crippen LogP contribution >= 0.6 is 23.2 Å². The van der Waals surface area contributed by atoms with Gasteiger partial charge in [0.15, 0.2) is 0 Å². The van der Waals surface area contributed by atoms with Gasteiger partial charge in [0.1, 0.15) is 5.82 Å². The Bertz CT molecular complexity index is 913. The van der Waals surface area contributed by atoms with E-state index in [9.17, 15) is 14.0 Å². The van der Waals surface area contributed by atoms with Crippen LogP contribution in [0, 0.1) is 11.2 Å². The molecule has 2 atom stereocenters. The third-order valence-electron chi connectivity index (χ3n) is 4.68. The quantitative estimate of drug-likeness (QED) is 0.298. The molecule has 34 heavy (non-hydrogen) atoms. The van der Waals surface area contributed by atoms with Crippen molar-refractivity contribution in [2.45, 2.75) is 52.9 Å². The van der Waals surface area contributed by atoms with E-state index in [2.05, 4.69) is 43.6 Å². The average Bonchev–Trinajstić information content (AvgIpc) is 3.24. The second-order valence-electron chi connectivity index (χ2n) is 9.61. The molecule has 2 amide bonds. The molecule has 0 bridgehead atoms. The van der Waals surface area contributed by atoms with E-state index in [1.165, 1.54) is 12.1 Å². The number of nitrogens with one attached hydrogen (secondary N) is 3. The second kappa shape index (κ2) is 15.0. The topological polar surface area (TPSA) is 70.2 Å². The smallest absolute Gasteiger partial charge is 0.211 e. The molecule has 1 saturated heterocycles. The van der Waals surface area contributed by atoms with Gasteiger partial charge in [-0.1, -0.05) is 70.0 Å². The van der Waals surface area contributed by atoms with E-state index in [1.54, 1.807) is 0 Å². The maximum Gasteiger partial charge on any atom is 0.211 e. The summed E-state index contributed by atoms with van der Waals surface area (Å²) in [6.07, 6.45) is 2.30. The minimum absolute atomic E-state index is 0.0108. The molecule has 0 radical (unpaired) electrons. The second-order valence-corrected chi connectivity index (χ2v) is 10.5. The molecule has 1 aliphatic heterocycles. The molecule has 3 N–H and O–H groups in total. The molecule has 8 heteroatoms. The fraction of sp³-hybridized carbons (Fsp3) is 0.462. The Kier molecular flexibility index (Phi) is 13.2. The van der Waals surface area contributed by atoms with Crippen LogP contribution in [-0.2, 0) is 9.59 Å². The third-order valence-corrected chi connectivity index (χ3v) is 5.20. The van der Waals surface area contributed by atoms with Gasteiger partial charge in [-0.25, -0.2) is 4.39 Å². The van der Waals surface area contributed by atoms with E-state index in [-0.39, 0.29) is 16.9 Å². The van der Waals surface area contributed by atoms with Crippen LogP contribution in [0.4, 0.5) is 10.1 Å². The van der Waals surface area contributed by atoms with Crippen molar-refractivity contribution < 1.29 is 14.0 Å². The van der Waals surface area contributed by atoms with Crippen LogP contribution in [-0.4, -0.2) is 32.5 Å². The largest absolute Gasteiger partial charge is 0.359 e. The first kappa shape index (κ1) is 29.9. The zero-order valence-electron chi connectivity index (χ0n) is 20.6. The first-order valence-electron chi connectivity index (χ1n) is 11.3. The normalized spacial score (nSPS) is 16.9. The predicted octanol–water partition coefficient (Wildman–Crippen LogP) is 6.37. The highest BCUT2D eigenvalue weighted by Gasteiger charge is 2.32. The third kappa shape index (κ3) is 10.9. The minimum atomic E-state index is -0.491. The summed E-state index contributed by atoms with van der Waals surface area (Å²) in [7, 11) is 0. The zero-order chi connectivity index (χ0) is 25.7. The summed E-state index contributed by atoms with van der Waals surface area (Å²) < 4.78 is 14.0. The number of carbonyl (C=O) groups is 2. The molecule has 1 aliphatic rings. The highest BCUT2D eigenvalue weighted by molar-refractivity contribution is 6.31. The molecule has 0 aromatic heterocycles. The molecule has 5 nitrogen and oxygen atoms in total. The number of amides is 2. The van der Waals surface area contributed by atoms with Crippen LogP contribution in [0.5, 0.6) is 0 Å². The van der Waals surface area contributed by atoms with Gasteiger partial charge in [0.25, 0.3) is 0 Å². The maximum atomic E-state index is 14.0. The summed E-state index contributed by atoms with van der Waals surface area (Å²) in [6.45, 7) is 13.0. The molecule has 0 unspecified atom stereocenters. The van der Waals surface area contributed by atoms with E-state index >= 15 is 0 Å². The van der Waals surface area contributed by atoms with Crippen molar-refractivity contribution in [1.82, 2.24) is 10.6 Å². The highest BCUT2D eigenvalue weighted by Crippen LogP contribution is 2.41. The summed E-state index contributed by atoms with van der Waals surface area (Å²) in [5.41, 5.74) is 2.85. The van der Waals surface area contributed by atoms with E-state index in [4.69, 9.17) is 23.2 Å². The summed E-state index contributed by atoms with van der Waals surface area (Å²) in [6, 6.07) is 10.5. The van der Waals surface area contributed by atoms with Crippen molar-refractivity contribution >= 4 is 41.7 Å². The first-order valence-corrected chi connectivity index (χ1v) is 12.1. The Hall–Kier alpha value is -2.15. The SMILES string of the molecule is CC(C)(C)C.CCCNC=O.O=CNc1cc(Cl)c(F)cc1[C@@H]1CNC[C@@H]1c1cccc(Cl)c1. The molecular weight excluding hydrogens is 476 g/mol. The standard InChI is InChI=1S/C17H15Cl2FN2O.C5H12.C4H9NO/c18-11-3-1-2-10(4-11)13-7-21-8-14(13)12-5-16(20)15(19)6-17(12)22-9-23;1-5(2,3)4;1-2-3-5-4-6/h1-6,9,13-14,21H,7-8H2,(H,22,23);1-4H3;4H,2-3H2,1H3,(H,5,6)/t13-,14+;;/m1../s1. The minimum Gasteiger partial charge on any atom is -0.359 e. The lowest BCUT2D eigenvalue weighted by molar-refractivity contribution is -0.109. The van der Waals surface area contributed by atoms with E-state index in [0.29, 0.717) is 35.5 Å². The van der Waals surface area contributed by atoms with Crippen LogP contribution in [0.1, 0.15) is 64.0 Å². The maximum absolute atomic E-state index is 14.0. The molecule has 188 valence electrons. The number of anilines is 1. The molecule has 0 aliphatic carbocycles. The Balaban J connectivity index is 0.000000440. The fourth-order valence-electron chi connectivity index (χ4n) is 3.35. The Morgan fingerprint density at radius 1 is 1.06 bits per heavy atom. The van der Waals surface area contributed by atoms with Crippen molar-refractivity contribution in [3.63, 3.8) is 0 Å². The van der Waals surface area contributed by atoms with Gasteiger partial charge < -0.3 is 16.0 Å². The lowest BCUT2D eigenvalue weighted by Crippen LogP contribution is -2.12. The molecule has 2 aromatic carbocycles. The van der Waals surface area contributed by atoms with Gasteiger partial charge in [0, 0.05) is 42.2 Å². The zero-order valence-corrected chi connectivity index (χ0v) is 22.1. The van der Waals surface area contributed by atoms with Gasteiger partial charge in [0.2, 0.25) is 12.8 Å². The van der Waals surface area contributed by atoms with Crippen molar-refractivity contribution in [1.29, 1.82) is 0 Å². The summed E-state index contributed by atoms with van der Waals surface area (Å²) in [5, 5.41) is 9.12. The first-order chi connectivity index (χ1) is 16.0. The lowest BCUT2D eigenvalue weighted by atomic mass is 9.83. The van der Waals surface area contributed by atoms with E-state index < -0.39 is 5.82 Å². The van der Waals surface area contributed by atoms with Gasteiger partial charge in [-0.15, -0.1) is 0 Å². The number of benzene rings is 2. The van der Waals surface area contributed by atoms with Gasteiger partial charge >= 0.3 is 0 Å². The Morgan fingerprint density at radius 2 is 1.71 bits per heavy atom.